The fraction of sp³-hybridized carbons (Fsp3) is 0.355. The maximum atomic E-state index is 11.9. The predicted molar refractivity (Wildman–Crippen MR) is 160 cm³/mol. The van der Waals surface area contributed by atoms with Crippen molar-refractivity contribution in [3.8, 4) is 28.3 Å². The Morgan fingerprint density at radius 3 is 2.40 bits per heavy atom. The van der Waals surface area contributed by atoms with E-state index in [4.69, 9.17) is 15.3 Å². The third-order valence-corrected chi connectivity index (χ3v) is 7.32. The Labute approximate surface area is 234 Å². The number of H-pyrrole nitrogens is 1. The molecule has 1 saturated heterocycles. The number of nitrogens with zero attached hydrogens (tertiary/aromatic N) is 6. The second-order valence-corrected chi connectivity index (χ2v) is 10.2. The molecular formula is C31H35N7O2. The van der Waals surface area contributed by atoms with Crippen LogP contribution in [0.5, 0.6) is 5.75 Å². The van der Waals surface area contributed by atoms with E-state index in [1.165, 1.54) is 11.3 Å². The van der Waals surface area contributed by atoms with E-state index in [0.717, 1.165) is 59.9 Å². The number of carbonyl (C=O) groups is 1. The average Bonchev–Trinajstić information content (AvgIpc) is 3.42. The van der Waals surface area contributed by atoms with Gasteiger partial charge in [-0.05, 0) is 85.1 Å². The lowest BCUT2D eigenvalue weighted by Gasteiger charge is -2.34. The number of ketones is 1. The number of anilines is 1. The van der Waals surface area contributed by atoms with Crippen LogP contribution in [0.1, 0.15) is 25.7 Å². The Morgan fingerprint density at radius 2 is 1.65 bits per heavy atom. The molecule has 1 aromatic heterocycles. The number of aromatic amines is 1. The number of nitrogens with one attached hydrogen (secondary N) is 1. The molecule has 0 aliphatic carbocycles. The summed E-state index contributed by atoms with van der Waals surface area (Å²) in [6.45, 7) is 5.17. The molecule has 1 fully saturated rings. The first-order valence-corrected chi connectivity index (χ1v) is 13.9. The van der Waals surface area contributed by atoms with Crippen molar-refractivity contribution in [2.45, 2.75) is 25.7 Å². The lowest BCUT2D eigenvalue weighted by molar-refractivity contribution is -0.119. The molecule has 206 valence electrons. The van der Waals surface area contributed by atoms with Crippen molar-refractivity contribution >= 4 is 22.5 Å². The summed E-state index contributed by atoms with van der Waals surface area (Å²) in [6.07, 6.45) is 2.16. The molecular weight excluding hydrogens is 502 g/mol. The summed E-state index contributed by atoms with van der Waals surface area (Å²) in [7, 11) is 2.18. The number of ether oxygens (including phenoxy) is 1. The predicted octanol–water partition coefficient (Wildman–Crippen LogP) is 6.47. The van der Waals surface area contributed by atoms with Gasteiger partial charge in [-0.15, -0.1) is 0 Å². The maximum absolute atomic E-state index is 11.9. The van der Waals surface area contributed by atoms with Gasteiger partial charge in [-0.25, -0.2) is 4.98 Å². The van der Waals surface area contributed by atoms with Gasteiger partial charge in [-0.2, -0.15) is 0 Å². The summed E-state index contributed by atoms with van der Waals surface area (Å²) in [5, 5.41) is 3.45. The molecule has 0 amide bonds. The number of fused-ring (bicyclic) bond motifs is 1. The van der Waals surface area contributed by atoms with Gasteiger partial charge in [0.05, 0.1) is 17.6 Å². The Hall–Kier alpha value is -4.33. The van der Waals surface area contributed by atoms with Gasteiger partial charge in [0.2, 0.25) is 0 Å². The van der Waals surface area contributed by atoms with Crippen molar-refractivity contribution in [1.29, 1.82) is 0 Å². The first-order chi connectivity index (χ1) is 19.6. The number of hydrogen-bond acceptors (Lipinski definition) is 6. The fourth-order valence-corrected chi connectivity index (χ4v) is 4.94. The number of rotatable bonds is 12. The molecule has 0 bridgehead atoms. The van der Waals surface area contributed by atoms with E-state index in [9.17, 15) is 4.79 Å². The van der Waals surface area contributed by atoms with Crippen LogP contribution in [0.25, 0.3) is 44.0 Å². The topological polar surface area (TPSA) is 110 Å². The van der Waals surface area contributed by atoms with Crippen molar-refractivity contribution in [2.75, 3.05) is 51.3 Å². The molecule has 9 heteroatoms. The number of hydrogen-bond donors (Lipinski definition) is 1. The zero-order valence-electron chi connectivity index (χ0n) is 22.9. The lowest BCUT2D eigenvalue weighted by atomic mass is 10.0. The number of Topliss-reactive ketones (excluding diaryl/α,β-unsaturated/α-hetero) is 1. The highest BCUT2D eigenvalue weighted by Gasteiger charge is 2.14. The molecule has 5 rings (SSSR count). The summed E-state index contributed by atoms with van der Waals surface area (Å²) in [6, 6.07) is 23.0. The summed E-state index contributed by atoms with van der Waals surface area (Å²) < 4.78 is 5.81. The van der Waals surface area contributed by atoms with E-state index in [1.807, 2.05) is 24.3 Å². The zero-order chi connectivity index (χ0) is 27.7. The van der Waals surface area contributed by atoms with Crippen molar-refractivity contribution in [3.63, 3.8) is 0 Å². The highest BCUT2D eigenvalue weighted by atomic mass is 16.5. The first-order valence-electron chi connectivity index (χ1n) is 13.9. The van der Waals surface area contributed by atoms with Crippen LogP contribution in [-0.4, -0.2) is 67.0 Å². The van der Waals surface area contributed by atoms with E-state index in [-0.39, 0.29) is 5.78 Å². The second-order valence-electron chi connectivity index (χ2n) is 10.2. The van der Waals surface area contributed by atoms with Crippen LogP contribution in [0, 0.1) is 0 Å². The van der Waals surface area contributed by atoms with Gasteiger partial charge in [0, 0.05) is 61.7 Å². The minimum absolute atomic E-state index is 0.169. The molecule has 0 spiro atoms. The Balaban J connectivity index is 1.16. The van der Waals surface area contributed by atoms with Crippen molar-refractivity contribution < 1.29 is 9.53 Å². The highest BCUT2D eigenvalue weighted by molar-refractivity contribution is 5.85. The number of benzene rings is 3. The molecule has 4 aromatic rings. The smallest absolute Gasteiger partial charge is 0.138 e. The number of aromatic nitrogens is 2. The van der Waals surface area contributed by atoms with E-state index < -0.39 is 0 Å². The molecule has 40 heavy (non-hydrogen) atoms. The molecule has 1 aliphatic heterocycles. The molecule has 2 heterocycles. The van der Waals surface area contributed by atoms with Gasteiger partial charge in [-0.1, -0.05) is 23.3 Å². The number of likely N-dealkylation sites (N-methyl/N-ethyl adjacent to an activating group) is 1. The van der Waals surface area contributed by atoms with Gasteiger partial charge in [0.1, 0.15) is 17.4 Å². The Bertz CT molecular complexity index is 1470. The third-order valence-electron chi connectivity index (χ3n) is 7.32. The second kappa shape index (κ2) is 13.2. The Kier molecular flexibility index (Phi) is 8.96. The van der Waals surface area contributed by atoms with Crippen LogP contribution in [0.15, 0.2) is 71.8 Å². The van der Waals surface area contributed by atoms with Crippen LogP contribution >= 0.6 is 0 Å². The quantitative estimate of drug-likeness (QED) is 0.0964. The number of azide groups is 1. The van der Waals surface area contributed by atoms with Crippen molar-refractivity contribution in [2.24, 2.45) is 5.11 Å². The van der Waals surface area contributed by atoms with Crippen molar-refractivity contribution in [3.05, 3.63) is 77.2 Å². The highest BCUT2D eigenvalue weighted by Crippen LogP contribution is 2.28. The van der Waals surface area contributed by atoms with Gasteiger partial charge in [-0.3, -0.25) is 4.79 Å². The summed E-state index contributed by atoms with van der Waals surface area (Å²) in [5.41, 5.74) is 14.8. The van der Waals surface area contributed by atoms with Crippen LogP contribution in [0.4, 0.5) is 5.69 Å². The van der Waals surface area contributed by atoms with Crippen molar-refractivity contribution in [1.82, 2.24) is 14.9 Å². The van der Waals surface area contributed by atoms with Crippen LogP contribution < -0.4 is 9.64 Å². The average molecular weight is 538 g/mol. The molecule has 3 aromatic carbocycles. The van der Waals surface area contributed by atoms with Crippen LogP contribution in [0.2, 0.25) is 0 Å². The molecule has 0 unspecified atom stereocenters. The monoisotopic (exact) mass is 537 g/mol. The van der Waals surface area contributed by atoms with E-state index in [0.29, 0.717) is 38.8 Å². The molecule has 1 aliphatic rings. The lowest BCUT2D eigenvalue weighted by Crippen LogP contribution is -2.44. The molecule has 0 atom stereocenters. The zero-order valence-corrected chi connectivity index (χ0v) is 22.9. The minimum Gasteiger partial charge on any atom is -0.494 e. The van der Waals surface area contributed by atoms with E-state index in [2.05, 4.69) is 74.3 Å². The van der Waals surface area contributed by atoms with Crippen LogP contribution in [0.3, 0.4) is 0 Å². The minimum atomic E-state index is 0.169. The normalized spacial score (nSPS) is 13.8. The molecule has 1 N–H and O–H groups in total. The molecule has 9 nitrogen and oxygen atoms in total. The number of imidazole rings is 1. The van der Waals surface area contributed by atoms with E-state index in [1.54, 1.807) is 0 Å². The van der Waals surface area contributed by atoms with Gasteiger partial charge in [0.15, 0.2) is 0 Å². The number of piperazine rings is 1. The van der Waals surface area contributed by atoms with Gasteiger partial charge >= 0.3 is 0 Å². The SMILES string of the molecule is CN1CCN(c2ccc(-c3ccc4nc(-c5ccc(OCCCC(=O)CCCN=[N+]=[N-])cc5)[nH]c4c3)cc2)CC1. The fourth-order valence-electron chi connectivity index (χ4n) is 4.94. The summed E-state index contributed by atoms with van der Waals surface area (Å²) in [4.78, 5) is 27.6. The maximum Gasteiger partial charge on any atom is 0.138 e. The summed E-state index contributed by atoms with van der Waals surface area (Å²) >= 11 is 0. The Morgan fingerprint density at radius 1 is 0.950 bits per heavy atom. The standard InChI is InChI=1S/C31H35N7O2/c1-37-17-19-38(20-18-37)26-11-6-23(7-12-26)25-10-15-29-30(22-25)35-31(34-29)24-8-13-28(14-9-24)40-21-3-5-27(39)4-2-16-33-36-32/h6-15,22H,2-5,16-21H2,1H3,(H,34,35). The van der Waals surface area contributed by atoms with Crippen LogP contribution in [-0.2, 0) is 4.79 Å². The summed E-state index contributed by atoms with van der Waals surface area (Å²) in [5.74, 6) is 1.75. The van der Waals surface area contributed by atoms with Gasteiger partial charge in [0.25, 0.3) is 0 Å². The van der Waals surface area contributed by atoms with E-state index >= 15 is 0 Å². The first kappa shape index (κ1) is 27.2. The molecule has 0 saturated carbocycles. The molecule has 0 radical (unpaired) electrons. The third kappa shape index (κ3) is 7.00. The van der Waals surface area contributed by atoms with Gasteiger partial charge < -0.3 is 19.5 Å². The largest absolute Gasteiger partial charge is 0.494 e. The number of carbonyl (C=O) groups excluding carboxylic acids is 1.